The van der Waals surface area contributed by atoms with Crippen molar-refractivity contribution in [3.8, 4) is 11.5 Å². The summed E-state index contributed by atoms with van der Waals surface area (Å²) in [5.74, 6) is -0.199. The Labute approximate surface area is 165 Å². The molecule has 0 radical (unpaired) electrons. The quantitative estimate of drug-likeness (QED) is 0.367. The number of benzene rings is 3. The number of amides is 1. The molecule has 0 aliphatic rings. The Morgan fingerprint density at radius 3 is 2.38 bits per heavy atom. The molecule has 29 heavy (non-hydrogen) atoms. The summed E-state index contributed by atoms with van der Waals surface area (Å²) in [5.41, 5.74) is 0.222. The fraction of sp³-hybridized carbons (Fsp3) is 0.0476. The smallest absolute Gasteiger partial charge is 0.338 e. The highest BCUT2D eigenvalue weighted by molar-refractivity contribution is 5.95. The third-order valence-electron chi connectivity index (χ3n) is 3.72. The van der Waals surface area contributed by atoms with E-state index in [9.17, 15) is 19.7 Å². The van der Waals surface area contributed by atoms with Crippen molar-refractivity contribution in [2.45, 2.75) is 0 Å². The number of hydrogen-bond acceptors (Lipinski definition) is 6. The second-order valence-corrected chi connectivity index (χ2v) is 5.87. The van der Waals surface area contributed by atoms with E-state index >= 15 is 0 Å². The summed E-state index contributed by atoms with van der Waals surface area (Å²) in [6.07, 6.45) is 0. The van der Waals surface area contributed by atoms with E-state index in [0.717, 1.165) is 6.07 Å². The third kappa shape index (κ3) is 5.64. The van der Waals surface area contributed by atoms with Crippen molar-refractivity contribution in [1.82, 2.24) is 0 Å². The molecule has 0 spiro atoms. The van der Waals surface area contributed by atoms with Crippen molar-refractivity contribution in [1.29, 1.82) is 0 Å². The molecule has 0 bridgehead atoms. The molecule has 0 unspecified atom stereocenters. The molecular weight excluding hydrogens is 376 g/mol. The number of hydrogen-bond donors (Lipinski definition) is 1. The van der Waals surface area contributed by atoms with E-state index in [0.29, 0.717) is 17.2 Å². The number of nitro benzene ring substituents is 1. The number of anilines is 1. The van der Waals surface area contributed by atoms with Crippen molar-refractivity contribution >= 4 is 23.3 Å². The number of carbonyl (C=O) groups excluding carboxylic acids is 2. The lowest BCUT2D eigenvalue weighted by Gasteiger charge is -2.09. The molecule has 3 rings (SSSR count). The third-order valence-corrected chi connectivity index (χ3v) is 3.72. The SMILES string of the molecule is O=C(COC(=O)c1cccc([N+](=O)[O-])c1)Nc1cccc(Oc2ccccc2)c1. The molecule has 1 amide bonds. The number of ether oxygens (including phenoxy) is 2. The summed E-state index contributed by atoms with van der Waals surface area (Å²) in [7, 11) is 0. The Kier molecular flexibility index (Phi) is 6.16. The fourth-order valence-electron chi connectivity index (χ4n) is 2.42. The summed E-state index contributed by atoms with van der Waals surface area (Å²) in [5, 5.41) is 13.4. The maximum atomic E-state index is 12.1. The van der Waals surface area contributed by atoms with Crippen LogP contribution in [0.1, 0.15) is 10.4 Å². The highest BCUT2D eigenvalue weighted by Gasteiger charge is 2.14. The van der Waals surface area contributed by atoms with Gasteiger partial charge in [-0.25, -0.2) is 4.79 Å². The number of non-ortho nitro benzene ring substituents is 1. The van der Waals surface area contributed by atoms with Crippen LogP contribution < -0.4 is 10.1 Å². The Hall–Kier alpha value is -4.20. The van der Waals surface area contributed by atoms with Gasteiger partial charge < -0.3 is 14.8 Å². The van der Waals surface area contributed by atoms with Crippen LogP contribution in [0, 0.1) is 10.1 Å². The molecule has 3 aromatic carbocycles. The Morgan fingerprint density at radius 2 is 1.62 bits per heavy atom. The zero-order valence-corrected chi connectivity index (χ0v) is 15.1. The van der Waals surface area contributed by atoms with Gasteiger partial charge in [-0.05, 0) is 30.3 Å². The summed E-state index contributed by atoms with van der Waals surface area (Å²) >= 11 is 0. The van der Waals surface area contributed by atoms with Crippen LogP contribution in [0.25, 0.3) is 0 Å². The maximum Gasteiger partial charge on any atom is 0.338 e. The first-order chi connectivity index (χ1) is 14.0. The summed E-state index contributed by atoms with van der Waals surface area (Å²) in [6, 6.07) is 21.0. The minimum absolute atomic E-state index is 0.00902. The van der Waals surface area contributed by atoms with Crippen molar-refractivity contribution in [3.63, 3.8) is 0 Å². The summed E-state index contributed by atoms with van der Waals surface area (Å²) < 4.78 is 10.6. The van der Waals surface area contributed by atoms with Crippen LogP contribution in [0.2, 0.25) is 0 Å². The van der Waals surface area contributed by atoms with Gasteiger partial charge in [0.05, 0.1) is 10.5 Å². The standard InChI is InChI=1S/C21H16N2O6/c24-20(14-28-21(25)15-6-4-8-17(12-15)23(26)27)22-16-7-5-11-19(13-16)29-18-9-2-1-3-10-18/h1-13H,14H2,(H,22,24). The largest absolute Gasteiger partial charge is 0.457 e. The van der Waals surface area contributed by atoms with Gasteiger partial charge in [-0.2, -0.15) is 0 Å². The number of esters is 1. The molecule has 0 heterocycles. The average molecular weight is 392 g/mol. The maximum absolute atomic E-state index is 12.1. The van der Waals surface area contributed by atoms with Crippen LogP contribution in [0.4, 0.5) is 11.4 Å². The monoisotopic (exact) mass is 392 g/mol. The van der Waals surface area contributed by atoms with E-state index in [1.54, 1.807) is 36.4 Å². The first kappa shape index (κ1) is 19.6. The normalized spacial score (nSPS) is 10.1. The Balaban J connectivity index is 1.55. The molecule has 0 atom stereocenters. The number of nitrogens with zero attached hydrogens (tertiary/aromatic N) is 1. The van der Waals surface area contributed by atoms with Crippen LogP contribution in [0.5, 0.6) is 11.5 Å². The molecule has 8 heteroatoms. The van der Waals surface area contributed by atoms with Gasteiger partial charge in [0.15, 0.2) is 6.61 Å². The molecule has 0 saturated heterocycles. The average Bonchev–Trinajstić information content (AvgIpc) is 2.73. The van der Waals surface area contributed by atoms with E-state index in [1.807, 2.05) is 18.2 Å². The van der Waals surface area contributed by atoms with Gasteiger partial charge in [0.2, 0.25) is 0 Å². The Bertz CT molecular complexity index is 1040. The first-order valence-corrected chi connectivity index (χ1v) is 8.56. The number of para-hydroxylation sites is 1. The van der Waals surface area contributed by atoms with E-state index < -0.39 is 23.4 Å². The van der Waals surface area contributed by atoms with Crippen molar-refractivity contribution in [2.75, 3.05) is 11.9 Å². The molecule has 0 aliphatic heterocycles. The number of nitrogens with one attached hydrogen (secondary N) is 1. The van der Waals surface area contributed by atoms with Gasteiger partial charge >= 0.3 is 5.97 Å². The van der Waals surface area contributed by atoms with Crippen LogP contribution in [-0.2, 0) is 9.53 Å². The number of nitro groups is 1. The number of carbonyl (C=O) groups is 2. The lowest BCUT2D eigenvalue weighted by atomic mass is 10.2. The predicted molar refractivity (Wildman–Crippen MR) is 105 cm³/mol. The topological polar surface area (TPSA) is 108 Å². The minimum atomic E-state index is -0.829. The Morgan fingerprint density at radius 1 is 0.897 bits per heavy atom. The van der Waals surface area contributed by atoms with Gasteiger partial charge in [0.25, 0.3) is 11.6 Å². The van der Waals surface area contributed by atoms with E-state index in [1.165, 1.54) is 18.2 Å². The second-order valence-electron chi connectivity index (χ2n) is 5.87. The number of rotatable bonds is 7. The molecule has 146 valence electrons. The summed E-state index contributed by atoms with van der Waals surface area (Å²) in [6.45, 7) is -0.536. The predicted octanol–water partition coefficient (Wildman–Crippen LogP) is 4.18. The molecule has 0 saturated carbocycles. The highest BCUT2D eigenvalue weighted by atomic mass is 16.6. The van der Waals surface area contributed by atoms with E-state index in [2.05, 4.69) is 5.32 Å². The van der Waals surface area contributed by atoms with Gasteiger partial charge in [-0.1, -0.05) is 30.3 Å². The van der Waals surface area contributed by atoms with Crippen LogP contribution in [-0.4, -0.2) is 23.4 Å². The molecule has 0 aliphatic carbocycles. The van der Waals surface area contributed by atoms with Crippen molar-refractivity contribution in [2.24, 2.45) is 0 Å². The molecule has 1 N–H and O–H groups in total. The lowest BCUT2D eigenvalue weighted by Crippen LogP contribution is -2.21. The molecule has 3 aromatic rings. The molecule has 0 fully saturated rings. The van der Waals surface area contributed by atoms with Gasteiger partial charge in [-0.3, -0.25) is 14.9 Å². The zero-order valence-electron chi connectivity index (χ0n) is 15.1. The molecular formula is C21H16N2O6. The molecule has 8 nitrogen and oxygen atoms in total. The minimum Gasteiger partial charge on any atom is -0.457 e. The zero-order chi connectivity index (χ0) is 20.6. The summed E-state index contributed by atoms with van der Waals surface area (Å²) in [4.78, 5) is 34.2. The van der Waals surface area contributed by atoms with Crippen molar-refractivity contribution < 1.29 is 24.0 Å². The van der Waals surface area contributed by atoms with E-state index in [-0.39, 0.29) is 11.3 Å². The fourth-order valence-corrected chi connectivity index (χ4v) is 2.42. The molecule has 0 aromatic heterocycles. The highest BCUT2D eigenvalue weighted by Crippen LogP contribution is 2.23. The van der Waals surface area contributed by atoms with Crippen LogP contribution in [0.15, 0.2) is 78.9 Å². The second kappa shape index (κ2) is 9.14. The van der Waals surface area contributed by atoms with Crippen LogP contribution in [0.3, 0.4) is 0 Å². The van der Waals surface area contributed by atoms with E-state index in [4.69, 9.17) is 9.47 Å². The first-order valence-electron chi connectivity index (χ1n) is 8.56. The lowest BCUT2D eigenvalue weighted by molar-refractivity contribution is -0.384. The van der Waals surface area contributed by atoms with Gasteiger partial charge in [-0.15, -0.1) is 0 Å². The van der Waals surface area contributed by atoms with Crippen molar-refractivity contribution in [3.05, 3.63) is 94.5 Å². The van der Waals surface area contributed by atoms with Crippen LogP contribution >= 0.6 is 0 Å². The van der Waals surface area contributed by atoms with Gasteiger partial charge in [0.1, 0.15) is 11.5 Å². The van der Waals surface area contributed by atoms with Gasteiger partial charge in [0, 0.05) is 23.9 Å².